The third-order valence-electron chi connectivity index (χ3n) is 3.19. The van der Waals surface area contributed by atoms with Gasteiger partial charge in [0.2, 0.25) is 0 Å². The van der Waals surface area contributed by atoms with E-state index in [9.17, 15) is 0 Å². The van der Waals surface area contributed by atoms with Crippen molar-refractivity contribution in [3.05, 3.63) is 84.1 Å². The Hall–Kier alpha value is -0.382. The Kier molecular flexibility index (Phi) is 23.0. The summed E-state index contributed by atoms with van der Waals surface area (Å²) < 4.78 is 0. The molecule has 0 spiro atoms. The average Bonchev–Trinajstić information content (AvgIpc) is 2.60. The van der Waals surface area contributed by atoms with Gasteiger partial charge in [-0.3, -0.25) is 0 Å². The normalized spacial score (nSPS) is 9.86. The number of hydrogen-bond acceptors (Lipinski definition) is 0. The van der Waals surface area contributed by atoms with Crippen LogP contribution >= 0.6 is 0 Å². The van der Waals surface area contributed by atoms with E-state index in [1.165, 1.54) is 33.8 Å². The topological polar surface area (TPSA) is 0 Å². The van der Waals surface area contributed by atoms with Crippen LogP contribution in [-0.4, -0.2) is 8.80 Å². The summed E-state index contributed by atoms with van der Waals surface area (Å²) in [6, 6.07) is 23.0. The van der Waals surface area contributed by atoms with Crippen molar-refractivity contribution in [1.82, 2.24) is 0 Å². The van der Waals surface area contributed by atoms with Gasteiger partial charge in [-0.15, -0.1) is 11.6 Å². The third-order valence-corrected chi connectivity index (χ3v) is 6.16. The van der Waals surface area contributed by atoms with Crippen molar-refractivity contribution in [2.45, 2.75) is 61.4 Å². The number of benzene rings is 2. The molecule has 0 atom stereocenters. The molecule has 0 saturated carbocycles. The summed E-state index contributed by atoms with van der Waals surface area (Å²) in [5.41, 5.74) is 1.48. The number of allylic oxidation sites excluding steroid dienone is 2. The second kappa shape index (κ2) is 19.9. The zero-order valence-electron chi connectivity index (χ0n) is 19.8. The van der Waals surface area contributed by atoms with Crippen molar-refractivity contribution in [3.63, 3.8) is 0 Å². The monoisotopic (exact) mass is 436 g/mol. The molecule has 28 heavy (non-hydrogen) atoms. The van der Waals surface area contributed by atoms with Crippen molar-refractivity contribution in [2.75, 3.05) is 0 Å². The molecule has 3 heteroatoms. The first kappa shape index (κ1) is 32.3. The summed E-state index contributed by atoms with van der Waals surface area (Å²) in [6.07, 6.45) is 2.23. The summed E-state index contributed by atoms with van der Waals surface area (Å²) in [5, 5.41) is 2.99. The molecule has 0 fully saturated rings. The van der Waals surface area contributed by atoms with Gasteiger partial charge in [-0.1, -0.05) is 66.7 Å². The molecule has 144 valence electrons. The molecule has 0 aliphatic carbocycles. The third kappa shape index (κ3) is 17.7. The van der Waals surface area contributed by atoms with Gasteiger partial charge in [0, 0.05) is 0 Å². The predicted molar refractivity (Wildman–Crippen MR) is 123 cm³/mol. The van der Waals surface area contributed by atoms with Gasteiger partial charge in [0.1, 0.15) is 0 Å². The Morgan fingerprint density at radius 1 is 0.750 bits per heavy atom. The van der Waals surface area contributed by atoms with Crippen LogP contribution in [0.4, 0.5) is 0 Å². The van der Waals surface area contributed by atoms with E-state index in [-0.39, 0.29) is 38.3 Å². The van der Waals surface area contributed by atoms with Crippen molar-refractivity contribution in [3.8, 4) is 0 Å². The second-order valence-corrected chi connectivity index (χ2v) is 9.99. The van der Waals surface area contributed by atoms with Crippen LogP contribution in [-0.2, 0) is 19.5 Å². The molecule has 2 aromatic rings. The van der Waals surface area contributed by atoms with Gasteiger partial charge in [0.15, 0.2) is 0 Å². The van der Waals surface area contributed by atoms with Crippen LogP contribution in [0, 0.1) is 11.8 Å². The smallest absolute Gasteiger partial charge is 0.323 e. The molecular weight excluding hydrogens is 401 g/mol. The molecule has 0 radical (unpaired) electrons. The molecule has 0 aliphatic rings. The minimum Gasteiger partial charge on any atom is -0.323 e. The maximum Gasteiger partial charge on any atom is 2.00 e. The molecule has 0 unspecified atom stereocenters. The summed E-state index contributed by atoms with van der Waals surface area (Å²) in [4.78, 5) is 0. The van der Waals surface area contributed by atoms with Crippen LogP contribution in [0.25, 0.3) is 0 Å². The molecule has 2 rings (SSSR count). The summed E-state index contributed by atoms with van der Waals surface area (Å²) in [5.74, 6) is 2.83. The van der Waals surface area contributed by atoms with Gasteiger partial charge in [-0.05, 0) is 13.8 Å². The van der Waals surface area contributed by atoms with Gasteiger partial charge in [-0.2, -0.15) is 51.9 Å². The van der Waals surface area contributed by atoms with E-state index in [4.69, 9.17) is 0 Å². The zero-order chi connectivity index (χ0) is 19.9. The van der Waals surface area contributed by atoms with Crippen LogP contribution in [0.2, 0.25) is 6.04 Å². The molecule has 0 nitrogen and oxygen atoms in total. The van der Waals surface area contributed by atoms with Gasteiger partial charge in [0.05, 0.1) is 0 Å². The predicted octanol–water partition coefficient (Wildman–Crippen LogP) is 3.50. The molecule has 0 heterocycles. The standard InChI is InChI=1S/C17H19Si.2C4H9.Li.Zn/c1-3-15(2)14-18(16-10-6-4-7-11-16)17-12-8-5-9-13-17;2*1-4(2)3;;/h3-13H,14H2,1-2H3;2*1-3H3;;/q3*-1;+1;+2/b15-3+;;;;. The fourth-order valence-corrected chi connectivity index (χ4v) is 4.72. The van der Waals surface area contributed by atoms with Crippen molar-refractivity contribution >= 4 is 19.2 Å². The van der Waals surface area contributed by atoms with E-state index >= 15 is 0 Å². The first-order chi connectivity index (χ1) is 12.3. The van der Waals surface area contributed by atoms with Crippen LogP contribution < -0.4 is 29.2 Å². The zero-order valence-corrected chi connectivity index (χ0v) is 23.7. The Labute approximate surface area is 202 Å². The molecule has 0 saturated heterocycles. The first-order valence-corrected chi connectivity index (χ1v) is 11.1. The molecule has 2 aromatic carbocycles. The van der Waals surface area contributed by atoms with E-state index in [0.717, 1.165) is 0 Å². The van der Waals surface area contributed by atoms with Gasteiger partial charge < -0.3 is 11.8 Å². The molecule has 0 N–H and O–H groups in total. The van der Waals surface area contributed by atoms with Crippen LogP contribution in [0.15, 0.2) is 72.3 Å². The van der Waals surface area contributed by atoms with Gasteiger partial charge >= 0.3 is 38.3 Å². The molecule has 0 aromatic heterocycles. The molecule has 0 aliphatic heterocycles. The molecular formula is C25H37LiSiZn. The average molecular weight is 438 g/mol. The second-order valence-electron chi connectivity index (χ2n) is 7.52. The van der Waals surface area contributed by atoms with E-state index in [0.29, 0.717) is 0 Å². The van der Waals surface area contributed by atoms with Crippen LogP contribution in [0.3, 0.4) is 0 Å². The maximum atomic E-state index is 2.27. The fourth-order valence-electron chi connectivity index (χ4n) is 2.03. The summed E-state index contributed by atoms with van der Waals surface area (Å²) in [7, 11) is -0.679. The van der Waals surface area contributed by atoms with E-state index in [2.05, 4.69) is 122 Å². The van der Waals surface area contributed by atoms with E-state index in [1.54, 1.807) is 0 Å². The Morgan fingerprint density at radius 3 is 1.29 bits per heavy atom. The summed E-state index contributed by atoms with van der Waals surface area (Å²) in [6.45, 7) is 16.9. The van der Waals surface area contributed by atoms with Crippen LogP contribution in [0.1, 0.15) is 55.4 Å². The number of hydrogen-bond donors (Lipinski definition) is 0. The maximum absolute atomic E-state index is 2.27. The Morgan fingerprint density at radius 2 is 1.04 bits per heavy atom. The molecule has 0 bridgehead atoms. The fraction of sp³-hybridized carbons (Fsp3) is 0.360. The van der Waals surface area contributed by atoms with E-state index in [1.807, 2.05) is 0 Å². The minimum absolute atomic E-state index is 0. The van der Waals surface area contributed by atoms with Gasteiger partial charge in [-0.25, -0.2) is 8.80 Å². The SMILES string of the molecule is C/C=C(\C)C[Si-](c1ccccc1)c1ccccc1.C[C-](C)C.C[C-](C)C.[Li+].[Zn+2]. The van der Waals surface area contributed by atoms with Crippen molar-refractivity contribution < 1.29 is 38.3 Å². The minimum atomic E-state index is -0.679. The van der Waals surface area contributed by atoms with Gasteiger partial charge in [0.25, 0.3) is 0 Å². The number of rotatable bonds is 4. The quantitative estimate of drug-likeness (QED) is 0.390. The molecule has 0 amide bonds. The van der Waals surface area contributed by atoms with E-state index < -0.39 is 8.80 Å². The van der Waals surface area contributed by atoms with Crippen LogP contribution in [0.5, 0.6) is 0 Å². The summed E-state index contributed by atoms with van der Waals surface area (Å²) >= 11 is 0. The first-order valence-electron chi connectivity index (χ1n) is 9.39. The largest absolute Gasteiger partial charge is 2.00 e. The Balaban J connectivity index is -0.000000537. The van der Waals surface area contributed by atoms with Crippen molar-refractivity contribution in [2.24, 2.45) is 0 Å². The van der Waals surface area contributed by atoms with Crippen molar-refractivity contribution in [1.29, 1.82) is 0 Å². The Bertz CT molecular complexity index is 543.